The van der Waals surface area contributed by atoms with Crippen molar-refractivity contribution >= 4 is 5.91 Å². The number of hydrogen-bond acceptors (Lipinski definition) is 3. The summed E-state index contributed by atoms with van der Waals surface area (Å²) >= 11 is 0. The molecule has 0 unspecified atom stereocenters. The second kappa shape index (κ2) is 6.97. The number of carbonyl (C=O) groups excluding carboxylic acids is 1. The van der Waals surface area contributed by atoms with Crippen molar-refractivity contribution in [2.24, 2.45) is 5.92 Å². The molecule has 23 heavy (non-hydrogen) atoms. The summed E-state index contributed by atoms with van der Waals surface area (Å²) < 4.78 is 24.4. The predicted molar refractivity (Wildman–Crippen MR) is 84.6 cm³/mol. The minimum absolute atomic E-state index is 0.0855. The zero-order valence-corrected chi connectivity index (χ0v) is 13.6. The molecular formula is C18H24FNO3. The Morgan fingerprint density at radius 2 is 2.22 bits per heavy atom. The van der Waals surface area contributed by atoms with Crippen LogP contribution in [0.1, 0.15) is 24.8 Å². The third-order valence-corrected chi connectivity index (χ3v) is 5.09. The van der Waals surface area contributed by atoms with E-state index in [1.54, 1.807) is 19.2 Å². The lowest BCUT2D eigenvalue weighted by atomic mass is 9.89. The third-order valence-electron chi connectivity index (χ3n) is 5.09. The molecule has 4 nitrogen and oxygen atoms in total. The fraction of sp³-hybridized carbons (Fsp3) is 0.611. The van der Waals surface area contributed by atoms with E-state index >= 15 is 0 Å². The first kappa shape index (κ1) is 16.4. The van der Waals surface area contributed by atoms with Crippen LogP contribution in [0.25, 0.3) is 0 Å². The van der Waals surface area contributed by atoms with Gasteiger partial charge >= 0.3 is 0 Å². The molecule has 1 heterocycles. The van der Waals surface area contributed by atoms with Crippen LogP contribution in [-0.4, -0.2) is 49.8 Å². The fourth-order valence-corrected chi connectivity index (χ4v) is 3.86. The van der Waals surface area contributed by atoms with Gasteiger partial charge in [0.05, 0.1) is 31.8 Å². The average molecular weight is 321 g/mol. The Labute approximate surface area is 136 Å². The van der Waals surface area contributed by atoms with E-state index in [1.807, 2.05) is 4.90 Å². The van der Waals surface area contributed by atoms with Gasteiger partial charge < -0.3 is 14.4 Å². The maximum Gasteiger partial charge on any atom is 0.227 e. The summed E-state index contributed by atoms with van der Waals surface area (Å²) in [5.41, 5.74) is 0.601. The summed E-state index contributed by atoms with van der Waals surface area (Å²) in [6, 6.07) is 6.14. The number of amides is 1. The monoisotopic (exact) mass is 321 g/mol. The maximum absolute atomic E-state index is 13.0. The van der Waals surface area contributed by atoms with Crippen molar-refractivity contribution in [1.29, 1.82) is 0 Å². The summed E-state index contributed by atoms with van der Waals surface area (Å²) in [5, 5.41) is 0. The van der Waals surface area contributed by atoms with Gasteiger partial charge in [-0.05, 0) is 30.5 Å². The fourth-order valence-electron chi connectivity index (χ4n) is 3.86. The molecule has 3 rings (SSSR count). The molecule has 2 aliphatic rings. The molecule has 2 atom stereocenters. The van der Waals surface area contributed by atoms with Crippen LogP contribution in [0.15, 0.2) is 24.3 Å². The second-order valence-corrected chi connectivity index (χ2v) is 6.58. The van der Waals surface area contributed by atoms with Crippen LogP contribution in [0, 0.1) is 11.7 Å². The highest BCUT2D eigenvalue weighted by atomic mass is 19.1. The topological polar surface area (TPSA) is 38.8 Å². The van der Waals surface area contributed by atoms with E-state index in [4.69, 9.17) is 9.47 Å². The third kappa shape index (κ3) is 3.56. The van der Waals surface area contributed by atoms with Gasteiger partial charge in [0.15, 0.2) is 0 Å². The Morgan fingerprint density at radius 1 is 1.43 bits per heavy atom. The number of methoxy groups -OCH3 is 1. The lowest BCUT2D eigenvalue weighted by molar-refractivity contribution is -0.160. The summed E-state index contributed by atoms with van der Waals surface area (Å²) in [5.74, 6) is 0.163. The van der Waals surface area contributed by atoms with Gasteiger partial charge in [-0.3, -0.25) is 4.79 Å². The molecule has 1 saturated heterocycles. The maximum atomic E-state index is 13.0. The van der Waals surface area contributed by atoms with Crippen molar-refractivity contribution in [2.45, 2.75) is 31.3 Å². The highest BCUT2D eigenvalue weighted by Gasteiger charge is 2.47. The van der Waals surface area contributed by atoms with Crippen molar-refractivity contribution in [1.82, 2.24) is 4.90 Å². The molecule has 1 aliphatic heterocycles. The van der Waals surface area contributed by atoms with Crippen LogP contribution >= 0.6 is 0 Å². The van der Waals surface area contributed by atoms with Crippen LogP contribution in [0.4, 0.5) is 4.39 Å². The van der Waals surface area contributed by atoms with Gasteiger partial charge in [0.1, 0.15) is 5.82 Å². The molecule has 2 fully saturated rings. The molecule has 5 heteroatoms. The first-order chi connectivity index (χ1) is 11.1. The molecule has 1 spiro atoms. The standard InChI is InChI=1S/C18H24FNO3/c1-22-12-15-3-2-8-18(15)13-20(9-10-23-18)17(21)11-14-4-6-16(19)7-5-14/h4-7,15H,2-3,8-13H2,1H3/t15-,18+/m0/s1. The summed E-state index contributed by atoms with van der Waals surface area (Å²) in [6.45, 7) is 2.53. The van der Waals surface area contributed by atoms with Gasteiger partial charge in [-0.1, -0.05) is 18.6 Å². The Balaban J connectivity index is 1.65. The Hall–Kier alpha value is -1.46. The van der Waals surface area contributed by atoms with Crippen LogP contribution < -0.4 is 0 Å². The molecule has 0 radical (unpaired) electrons. The molecule has 0 bridgehead atoms. The van der Waals surface area contributed by atoms with Gasteiger partial charge in [0, 0.05) is 19.6 Å². The molecule has 1 amide bonds. The van der Waals surface area contributed by atoms with Gasteiger partial charge in [-0.25, -0.2) is 4.39 Å². The number of hydrogen-bond donors (Lipinski definition) is 0. The number of halogens is 1. The molecular weight excluding hydrogens is 297 g/mol. The summed E-state index contributed by atoms with van der Waals surface area (Å²) in [4.78, 5) is 14.5. The number of morpholine rings is 1. The molecule has 0 N–H and O–H groups in total. The highest BCUT2D eigenvalue weighted by molar-refractivity contribution is 5.79. The van der Waals surface area contributed by atoms with Crippen LogP contribution in [0.2, 0.25) is 0 Å². The number of carbonyl (C=O) groups is 1. The SMILES string of the molecule is COC[C@@H]1CCC[C@@]12CN(C(=O)Cc1ccc(F)cc1)CCO2. The quantitative estimate of drug-likeness (QED) is 0.855. The minimum atomic E-state index is -0.278. The first-order valence-corrected chi connectivity index (χ1v) is 8.28. The van der Waals surface area contributed by atoms with Crippen molar-refractivity contribution in [3.05, 3.63) is 35.6 Å². The van der Waals surface area contributed by atoms with E-state index in [0.29, 0.717) is 38.6 Å². The van der Waals surface area contributed by atoms with Crippen LogP contribution in [-0.2, 0) is 20.7 Å². The normalized spacial score (nSPS) is 27.6. The van der Waals surface area contributed by atoms with Crippen molar-refractivity contribution in [3.63, 3.8) is 0 Å². The molecule has 1 aromatic rings. The van der Waals surface area contributed by atoms with Gasteiger partial charge in [0.2, 0.25) is 5.91 Å². The number of ether oxygens (including phenoxy) is 2. The lowest BCUT2D eigenvalue weighted by Gasteiger charge is -2.44. The zero-order chi connectivity index (χ0) is 16.3. The van der Waals surface area contributed by atoms with Crippen molar-refractivity contribution < 1.29 is 18.7 Å². The summed E-state index contributed by atoms with van der Waals surface area (Å²) in [6.07, 6.45) is 3.51. The lowest BCUT2D eigenvalue weighted by Crippen LogP contribution is -2.56. The predicted octanol–water partition coefficient (Wildman–Crippen LogP) is 2.41. The Bertz CT molecular complexity index is 548. The minimum Gasteiger partial charge on any atom is -0.384 e. The molecule has 1 saturated carbocycles. The van der Waals surface area contributed by atoms with E-state index in [2.05, 4.69) is 0 Å². The molecule has 1 aliphatic carbocycles. The van der Waals surface area contributed by atoms with Gasteiger partial charge in [-0.15, -0.1) is 0 Å². The molecule has 0 aromatic heterocycles. The van der Waals surface area contributed by atoms with E-state index in [0.717, 1.165) is 24.8 Å². The van der Waals surface area contributed by atoms with Gasteiger partial charge in [0.25, 0.3) is 0 Å². The van der Waals surface area contributed by atoms with Crippen molar-refractivity contribution in [2.75, 3.05) is 33.4 Å². The number of nitrogens with zero attached hydrogens (tertiary/aromatic N) is 1. The highest BCUT2D eigenvalue weighted by Crippen LogP contribution is 2.41. The van der Waals surface area contributed by atoms with E-state index in [1.165, 1.54) is 12.1 Å². The van der Waals surface area contributed by atoms with Crippen molar-refractivity contribution in [3.8, 4) is 0 Å². The zero-order valence-electron chi connectivity index (χ0n) is 13.6. The Morgan fingerprint density at radius 3 is 2.96 bits per heavy atom. The van der Waals surface area contributed by atoms with E-state index < -0.39 is 0 Å². The molecule has 1 aromatic carbocycles. The van der Waals surface area contributed by atoms with Crippen LogP contribution in [0.3, 0.4) is 0 Å². The largest absolute Gasteiger partial charge is 0.384 e. The van der Waals surface area contributed by atoms with E-state index in [-0.39, 0.29) is 17.3 Å². The average Bonchev–Trinajstić information content (AvgIpc) is 2.92. The van der Waals surface area contributed by atoms with Crippen LogP contribution in [0.5, 0.6) is 0 Å². The summed E-state index contributed by atoms with van der Waals surface area (Å²) in [7, 11) is 1.71. The van der Waals surface area contributed by atoms with Gasteiger partial charge in [-0.2, -0.15) is 0 Å². The smallest absolute Gasteiger partial charge is 0.227 e. The molecule has 126 valence electrons. The van der Waals surface area contributed by atoms with E-state index in [9.17, 15) is 9.18 Å². The second-order valence-electron chi connectivity index (χ2n) is 6.58. The number of benzene rings is 1. The number of rotatable bonds is 4. The Kier molecular flexibility index (Phi) is 4.97. The first-order valence-electron chi connectivity index (χ1n) is 8.28.